The number of quaternary nitrogens is 1. The first kappa shape index (κ1) is 27.3. The lowest BCUT2D eigenvalue weighted by Gasteiger charge is -2.30. The lowest BCUT2D eigenvalue weighted by Crippen LogP contribution is -2.41. The maximum Gasteiger partial charge on any atom is 0.0782 e. The van der Waals surface area contributed by atoms with Gasteiger partial charge in [0.2, 0.25) is 0 Å². The van der Waals surface area contributed by atoms with Crippen LogP contribution in [0.3, 0.4) is 0 Å². The van der Waals surface area contributed by atoms with Gasteiger partial charge in [0.15, 0.2) is 0 Å². The third-order valence-corrected chi connectivity index (χ3v) is 5.33. The van der Waals surface area contributed by atoms with Crippen molar-refractivity contribution in [2.45, 2.75) is 90.9 Å². The van der Waals surface area contributed by atoms with E-state index in [1.165, 1.54) is 94.6 Å². The van der Waals surface area contributed by atoms with Crippen LogP contribution in [0, 0.1) is 0 Å². The summed E-state index contributed by atoms with van der Waals surface area (Å²) in [7, 11) is 8.49. The Bertz CT molecular complexity index is 274. The second-order valence-electron chi connectivity index (χ2n) is 8.08. The number of thiocarbonyl (C=S) groups is 1. The number of hydrogen-bond donors (Lipinski definition) is 0. The van der Waals surface area contributed by atoms with Gasteiger partial charge in [-0.05, 0) is 25.7 Å². The maximum absolute atomic E-state index is 4.56. The van der Waals surface area contributed by atoms with Gasteiger partial charge in [0, 0.05) is 14.1 Å². The predicted octanol–water partition coefficient (Wildman–Crippen LogP) is 6.16. The van der Waals surface area contributed by atoms with Gasteiger partial charge in [-0.1, -0.05) is 69.5 Å². The lowest BCUT2D eigenvalue weighted by atomic mass is 10.1. The van der Waals surface area contributed by atoms with E-state index in [4.69, 9.17) is 0 Å². The number of rotatable bonds is 14. The van der Waals surface area contributed by atoms with E-state index in [1.54, 1.807) is 4.90 Å². The van der Waals surface area contributed by atoms with Gasteiger partial charge in [0.05, 0.1) is 27.2 Å². The summed E-state index contributed by atoms with van der Waals surface area (Å²) >= 11 is 9.12. The molecule has 0 unspecified atom stereocenters. The molecule has 0 bridgehead atoms. The summed E-state index contributed by atoms with van der Waals surface area (Å²) in [5.74, 6) is 0. The average molecular weight is 391 g/mol. The molecule has 0 aliphatic rings. The topological polar surface area (TPSA) is 3.24 Å². The normalized spacial score (nSPS) is 11.0. The Morgan fingerprint density at radius 1 is 0.720 bits per heavy atom. The van der Waals surface area contributed by atoms with Crippen molar-refractivity contribution < 1.29 is 4.48 Å². The molecule has 0 aliphatic heterocycles. The van der Waals surface area contributed by atoms with Crippen molar-refractivity contribution in [1.29, 1.82) is 0 Å². The van der Waals surface area contributed by atoms with Crippen LogP contribution in [0.4, 0.5) is 0 Å². The van der Waals surface area contributed by atoms with Crippen molar-refractivity contribution in [3.63, 3.8) is 0 Å². The first-order chi connectivity index (χ1) is 11.8. The molecule has 0 atom stereocenters. The molecular formula is C21H46N2S2. The van der Waals surface area contributed by atoms with Crippen molar-refractivity contribution in [3.05, 3.63) is 0 Å². The zero-order valence-electron chi connectivity index (χ0n) is 18.1. The molecule has 0 spiro atoms. The lowest BCUT2D eigenvalue weighted by molar-refractivity contribution is -0.890. The Balaban J connectivity index is 0. The molecule has 0 amide bonds. The van der Waals surface area contributed by atoms with E-state index < -0.39 is 0 Å². The quantitative estimate of drug-likeness (QED) is 0.151. The van der Waals surface area contributed by atoms with Crippen LogP contribution < -0.4 is 0 Å². The SMILES string of the molecule is CCCCCCCC[N+](C)(C)CCCCCCCC.CN(C)C(=S)[S-]. The molecule has 0 radical (unpaired) electrons. The van der Waals surface area contributed by atoms with Crippen LogP contribution in [-0.2, 0) is 12.6 Å². The highest BCUT2D eigenvalue weighted by molar-refractivity contribution is 8.00. The molecule has 2 nitrogen and oxygen atoms in total. The fourth-order valence-corrected chi connectivity index (χ4v) is 2.75. The minimum atomic E-state index is 0.509. The number of unbranched alkanes of at least 4 members (excludes halogenated alkanes) is 10. The highest BCUT2D eigenvalue weighted by Gasteiger charge is 2.13. The van der Waals surface area contributed by atoms with Gasteiger partial charge in [-0.3, -0.25) is 0 Å². The maximum atomic E-state index is 4.56. The Hall–Kier alpha value is 0.0700. The molecule has 0 N–H and O–H groups in total. The van der Waals surface area contributed by atoms with Gasteiger partial charge in [0.25, 0.3) is 0 Å². The van der Waals surface area contributed by atoms with Gasteiger partial charge in [-0.25, -0.2) is 0 Å². The molecule has 0 aromatic rings. The number of hydrogen-bond acceptors (Lipinski definition) is 2. The standard InChI is InChI=1S/C18H40N.C3H7NS2/c1-5-7-9-11-13-15-17-19(3,4)18-16-14-12-10-8-6-2;1-4(2)3(5)6/h5-18H2,1-4H3;1-2H3,(H,5,6)/q+1;/p-1. The van der Waals surface area contributed by atoms with Gasteiger partial charge in [-0.15, -0.1) is 0 Å². The molecule has 0 fully saturated rings. The third kappa shape index (κ3) is 24.1. The van der Waals surface area contributed by atoms with E-state index in [0.29, 0.717) is 4.32 Å². The summed E-state index contributed by atoms with van der Waals surface area (Å²) in [5.41, 5.74) is 0. The Morgan fingerprint density at radius 2 is 1.00 bits per heavy atom. The zero-order chi connectivity index (χ0) is 19.6. The van der Waals surface area contributed by atoms with Crippen LogP contribution >= 0.6 is 12.2 Å². The van der Waals surface area contributed by atoms with Gasteiger partial charge < -0.3 is 34.2 Å². The van der Waals surface area contributed by atoms with E-state index >= 15 is 0 Å². The van der Waals surface area contributed by atoms with Crippen molar-refractivity contribution in [1.82, 2.24) is 4.90 Å². The number of nitrogens with zero attached hydrogens (tertiary/aromatic N) is 2. The van der Waals surface area contributed by atoms with Crippen LogP contribution in [0.2, 0.25) is 0 Å². The van der Waals surface area contributed by atoms with Crippen LogP contribution in [0.1, 0.15) is 90.9 Å². The van der Waals surface area contributed by atoms with Crippen molar-refractivity contribution in [3.8, 4) is 0 Å². The summed E-state index contributed by atoms with van der Waals surface area (Å²) in [6.07, 6.45) is 17.1. The molecule has 4 heteroatoms. The van der Waals surface area contributed by atoms with Crippen LogP contribution in [0.25, 0.3) is 0 Å². The summed E-state index contributed by atoms with van der Waals surface area (Å²) in [5, 5.41) is 0. The third-order valence-electron chi connectivity index (χ3n) is 4.60. The molecule has 0 rings (SSSR count). The smallest absolute Gasteiger partial charge is 0.0782 e. The molecule has 0 aromatic carbocycles. The molecule has 152 valence electrons. The molecule has 25 heavy (non-hydrogen) atoms. The zero-order valence-corrected chi connectivity index (χ0v) is 19.7. The van der Waals surface area contributed by atoms with Gasteiger partial charge in [0.1, 0.15) is 0 Å². The Kier molecular flexibility index (Phi) is 20.6. The first-order valence-electron chi connectivity index (χ1n) is 10.5. The van der Waals surface area contributed by atoms with Gasteiger partial charge >= 0.3 is 0 Å². The van der Waals surface area contributed by atoms with Gasteiger partial charge in [-0.2, -0.15) is 0 Å². The summed E-state index contributed by atoms with van der Waals surface area (Å²) < 4.78 is 1.75. The molecular weight excluding hydrogens is 344 g/mol. The highest BCUT2D eigenvalue weighted by Crippen LogP contribution is 2.11. The molecule has 0 heterocycles. The first-order valence-corrected chi connectivity index (χ1v) is 11.3. The van der Waals surface area contributed by atoms with E-state index in [0.717, 1.165) is 0 Å². The second-order valence-corrected chi connectivity index (χ2v) is 9.11. The van der Waals surface area contributed by atoms with Crippen molar-refractivity contribution in [2.24, 2.45) is 0 Å². The minimum Gasteiger partial charge on any atom is -0.411 e. The van der Waals surface area contributed by atoms with Crippen molar-refractivity contribution >= 4 is 29.2 Å². The second kappa shape index (κ2) is 18.8. The van der Waals surface area contributed by atoms with Crippen LogP contribution in [-0.4, -0.2) is 55.0 Å². The van der Waals surface area contributed by atoms with E-state index in [9.17, 15) is 0 Å². The fraction of sp³-hybridized carbons (Fsp3) is 0.952. The molecule has 0 saturated carbocycles. The van der Waals surface area contributed by atoms with Crippen LogP contribution in [0.5, 0.6) is 0 Å². The fourth-order valence-electron chi connectivity index (χ4n) is 2.75. The van der Waals surface area contributed by atoms with E-state index in [1.807, 2.05) is 14.1 Å². The molecule has 0 aromatic heterocycles. The Morgan fingerprint density at radius 3 is 1.28 bits per heavy atom. The summed E-state index contributed by atoms with van der Waals surface area (Å²) in [6, 6.07) is 0. The van der Waals surface area contributed by atoms with Crippen LogP contribution in [0.15, 0.2) is 0 Å². The molecule has 0 saturated heterocycles. The predicted molar refractivity (Wildman–Crippen MR) is 122 cm³/mol. The summed E-state index contributed by atoms with van der Waals surface area (Å²) in [4.78, 5) is 1.71. The molecule has 0 aliphatic carbocycles. The minimum absolute atomic E-state index is 0.509. The average Bonchev–Trinajstić information content (AvgIpc) is 2.54. The Labute approximate surface area is 170 Å². The monoisotopic (exact) mass is 390 g/mol. The van der Waals surface area contributed by atoms with Crippen molar-refractivity contribution in [2.75, 3.05) is 41.3 Å². The largest absolute Gasteiger partial charge is 0.411 e. The van der Waals surface area contributed by atoms with E-state index in [2.05, 4.69) is 52.8 Å². The summed E-state index contributed by atoms with van der Waals surface area (Å²) in [6.45, 7) is 7.34. The highest BCUT2D eigenvalue weighted by atomic mass is 32.1. The van der Waals surface area contributed by atoms with E-state index in [-0.39, 0.29) is 0 Å².